The van der Waals surface area contributed by atoms with E-state index in [9.17, 15) is 14.6 Å². The summed E-state index contributed by atoms with van der Waals surface area (Å²) in [7, 11) is 1.70. The predicted molar refractivity (Wildman–Crippen MR) is 250 cm³/mol. The first-order valence-corrected chi connectivity index (χ1v) is 27.0. The minimum absolute atomic E-state index is 0.0271. The highest BCUT2D eigenvalue weighted by atomic mass is 31.2. The van der Waals surface area contributed by atoms with E-state index in [1.165, 1.54) is 193 Å². The van der Waals surface area contributed by atoms with Crippen LogP contribution in [-0.4, -0.2) is 101 Å². The zero-order chi connectivity index (χ0) is 43.4. The Labute approximate surface area is 367 Å². The van der Waals surface area contributed by atoms with E-state index in [1.54, 1.807) is 0 Å². The molecule has 10 heteroatoms. The summed E-state index contributed by atoms with van der Waals surface area (Å²) in [5.74, 6) is 0. The molecule has 9 nitrogen and oxygen atoms in total. The van der Waals surface area contributed by atoms with E-state index in [1.807, 2.05) is 21.1 Å². The third-order valence-electron chi connectivity index (χ3n) is 11.4. The van der Waals surface area contributed by atoms with Gasteiger partial charge in [0.2, 0.25) is 0 Å². The highest BCUT2D eigenvalue weighted by molar-refractivity contribution is 7.47. The van der Waals surface area contributed by atoms with Crippen molar-refractivity contribution in [3.63, 3.8) is 0 Å². The number of hydrogen-bond acceptors (Lipinski definition) is 7. The first-order chi connectivity index (χ1) is 28.6. The lowest BCUT2D eigenvalue weighted by molar-refractivity contribution is -0.870. The van der Waals surface area contributed by atoms with Gasteiger partial charge in [-0.1, -0.05) is 206 Å². The van der Waals surface area contributed by atoms with E-state index in [4.69, 9.17) is 23.3 Å². The minimum atomic E-state index is -4.21. The Balaban J connectivity index is 4.18. The van der Waals surface area contributed by atoms with E-state index in [0.29, 0.717) is 24.2 Å². The lowest BCUT2D eigenvalue weighted by Gasteiger charge is -2.24. The summed E-state index contributed by atoms with van der Waals surface area (Å²) in [4.78, 5) is 9.89. The highest BCUT2D eigenvalue weighted by Crippen LogP contribution is 2.43. The number of phosphoric ester groups is 1. The van der Waals surface area contributed by atoms with Gasteiger partial charge in [-0.3, -0.25) is 9.05 Å². The molecule has 3 atom stereocenters. The number of hydrogen-bond donors (Lipinski definition) is 2. The number of quaternary nitrogens is 1. The second-order valence-electron chi connectivity index (χ2n) is 18.7. The average Bonchev–Trinajstić information content (AvgIpc) is 3.19. The number of unbranched alkanes of at least 4 members (excludes halogenated alkanes) is 30. The fourth-order valence-corrected chi connectivity index (χ4v) is 8.16. The maximum Gasteiger partial charge on any atom is 0.472 e. The summed E-state index contributed by atoms with van der Waals surface area (Å²) in [6.45, 7) is 7.56. The van der Waals surface area contributed by atoms with E-state index < -0.39 is 13.9 Å². The summed E-state index contributed by atoms with van der Waals surface area (Å²) in [6, 6.07) is 0. The van der Waals surface area contributed by atoms with Gasteiger partial charge >= 0.3 is 7.82 Å². The molecule has 0 aliphatic rings. The van der Waals surface area contributed by atoms with Gasteiger partial charge in [0.15, 0.2) is 0 Å². The van der Waals surface area contributed by atoms with Crippen LogP contribution in [0.25, 0.3) is 0 Å². The van der Waals surface area contributed by atoms with Crippen LogP contribution in [-0.2, 0) is 27.8 Å². The fourth-order valence-electron chi connectivity index (χ4n) is 7.41. The summed E-state index contributed by atoms with van der Waals surface area (Å²) >= 11 is 0. The summed E-state index contributed by atoms with van der Waals surface area (Å²) < 4.78 is 40.8. The normalized spacial score (nSPS) is 14.2. The zero-order valence-corrected chi connectivity index (χ0v) is 41.0. The van der Waals surface area contributed by atoms with Gasteiger partial charge in [0.05, 0.1) is 47.1 Å². The van der Waals surface area contributed by atoms with Crippen molar-refractivity contribution in [1.29, 1.82) is 0 Å². The molecule has 0 fully saturated rings. The van der Waals surface area contributed by atoms with Gasteiger partial charge in [0, 0.05) is 19.8 Å². The maximum atomic E-state index is 12.1. The van der Waals surface area contributed by atoms with Crippen molar-refractivity contribution in [2.45, 2.75) is 244 Å². The first kappa shape index (κ1) is 58.9. The molecule has 0 bridgehead atoms. The van der Waals surface area contributed by atoms with Gasteiger partial charge in [-0.05, 0) is 25.7 Å². The van der Waals surface area contributed by atoms with Crippen molar-refractivity contribution >= 4 is 7.82 Å². The van der Waals surface area contributed by atoms with E-state index >= 15 is 0 Å². The number of likely N-dealkylation sites (N-methyl/N-ethyl adjacent to an activating group) is 1. The Morgan fingerprint density at radius 1 is 0.441 bits per heavy atom. The van der Waals surface area contributed by atoms with Crippen molar-refractivity contribution < 1.29 is 42.3 Å². The zero-order valence-electron chi connectivity index (χ0n) is 40.1. The molecule has 0 heterocycles. The van der Waals surface area contributed by atoms with E-state index in [2.05, 4.69) is 13.8 Å². The molecule has 0 rings (SSSR count). The van der Waals surface area contributed by atoms with Crippen LogP contribution in [0, 0.1) is 0 Å². The van der Waals surface area contributed by atoms with Crippen LogP contribution in [0.5, 0.6) is 0 Å². The van der Waals surface area contributed by atoms with Gasteiger partial charge in [-0.2, -0.15) is 0 Å². The van der Waals surface area contributed by atoms with E-state index in [0.717, 1.165) is 38.9 Å². The van der Waals surface area contributed by atoms with Crippen LogP contribution in [0.3, 0.4) is 0 Å². The van der Waals surface area contributed by atoms with Crippen LogP contribution in [0.1, 0.15) is 232 Å². The average molecular weight is 865 g/mol. The lowest BCUT2D eigenvalue weighted by atomic mass is 10.0. The number of rotatable bonds is 50. The highest BCUT2D eigenvalue weighted by Gasteiger charge is 2.24. The fraction of sp³-hybridized carbons (Fsp3) is 1.00. The third kappa shape index (κ3) is 48.8. The predicted octanol–water partition coefficient (Wildman–Crippen LogP) is 13.9. The molecule has 2 unspecified atom stereocenters. The van der Waals surface area contributed by atoms with Gasteiger partial charge in [-0.15, -0.1) is 0 Å². The number of aliphatic hydroxyl groups excluding tert-OH is 1. The molecule has 0 aromatic rings. The molecular formula is C49H103NO8P+. The molecule has 2 N–H and O–H groups in total. The molecule has 0 aliphatic carbocycles. The second kappa shape index (κ2) is 44.5. The minimum Gasteiger partial charge on any atom is -0.388 e. The molecule has 0 spiro atoms. The molecule has 59 heavy (non-hydrogen) atoms. The summed E-state index contributed by atoms with van der Waals surface area (Å²) in [5.41, 5.74) is 0. The molecular weight excluding hydrogens is 762 g/mol. The molecule has 356 valence electrons. The van der Waals surface area contributed by atoms with E-state index in [-0.39, 0.29) is 25.9 Å². The van der Waals surface area contributed by atoms with Crippen LogP contribution in [0.2, 0.25) is 0 Å². The summed E-state index contributed by atoms with van der Waals surface area (Å²) in [5, 5.41) is 10.2. The third-order valence-corrected chi connectivity index (χ3v) is 12.4. The quantitative estimate of drug-likeness (QED) is 0.0354. The lowest BCUT2D eigenvalue weighted by Crippen LogP contribution is -2.37. The Hall–Kier alpha value is -0.0900. The molecule has 0 saturated carbocycles. The van der Waals surface area contributed by atoms with Crippen LogP contribution < -0.4 is 0 Å². The van der Waals surface area contributed by atoms with Crippen molar-refractivity contribution in [3.05, 3.63) is 0 Å². The SMILES string of the molecule is CCCCCCCCCCCCCCCCCCOC[C@H](CCCOCC(O)COP(=O)(O)OCC[N+](C)(C)C)OCCCCCCCCCCCCCCCCCC. The van der Waals surface area contributed by atoms with Crippen molar-refractivity contribution in [1.82, 2.24) is 0 Å². The standard InChI is InChI=1S/C49H102NO8P/c1-6-8-10-12-14-16-18-20-22-24-26-28-30-32-34-36-41-55-47-49(39-38-42-54-45-48(51)46-58-59(52,53)57-44-40-50(3,4)5)56-43-37-35-33-31-29-27-25-23-21-19-17-15-13-11-9-7-2/h48-49,51H,6-47H2,1-5H3/p+1/t48?,49-/m0/s1. The molecule has 0 aromatic heterocycles. The Bertz CT molecular complexity index is 875. The Morgan fingerprint density at radius 3 is 1.20 bits per heavy atom. The van der Waals surface area contributed by atoms with Crippen LogP contribution >= 0.6 is 7.82 Å². The molecule has 0 amide bonds. The van der Waals surface area contributed by atoms with Crippen molar-refractivity contribution in [2.24, 2.45) is 0 Å². The number of ether oxygens (including phenoxy) is 3. The molecule has 0 saturated heterocycles. The number of aliphatic hydroxyl groups is 1. The number of phosphoric acid groups is 1. The second-order valence-corrected chi connectivity index (χ2v) is 20.1. The number of nitrogens with zero attached hydrogens (tertiary/aromatic N) is 1. The molecule has 0 radical (unpaired) electrons. The smallest absolute Gasteiger partial charge is 0.388 e. The summed E-state index contributed by atoms with van der Waals surface area (Å²) in [6.07, 6.45) is 44.3. The van der Waals surface area contributed by atoms with Gasteiger partial charge in [-0.25, -0.2) is 4.57 Å². The molecule has 0 aromatic carbocycles. The van der Waals surface area contributed by atoms with Crippen molar-refractivity contribution in [2.75, 3.05) is 73.9 Å². The monoisotopic (exact) mass is 865 g/mol. The Kier molecular flexibility index (Phi) is 44.4. The first-order valence-electron chi connectivity index (χ1n) is 25.5. The van der Waals surface area contributed by atoms with Crippen molar-refractivity contribution in [3.8, 4) is 0 Å². The maximum absolute atomic E-state index is 12.1. The van der Waals surface area contributed by atoms with Gasteiger partial charge in [0.1, 0.15) is 19.3 Å². The topological polar surface area (TPSA) is 104 Å². The molecule has 0 aliphatic heterocycles. The van der Waals surface area contributed by atoms with Crippen LogP contribution in [0.4, 0.5) is 0 Å². The Morgan fingerprint density at radius 2 is 0.797 bits per heavy atom. The largest absolute Gasteiger partial charge is 0.472 e. The van der Waals surface area contributed by atoms with Gasteiger partial charge < -0.3 is 28.7 Å². The van der Waals surface area contributed by atoms with Gasteiger partial charge in [0.25, 0.3) is 0 Å². The van der Waals surface area contributed by atoms with Crippen LogP contribution in [0.15, 0.2) is 0 Å².